The summed E-state index contributed by atoms with van der Waals surface area (Å²) in [5.74, 6) is 0.140. The van der Waals surface area contributed by atoms with Gasteiger partial charge in [-0.2, -0.15) is 5.26 Å². The number of hydrogen-bond donors (Lipinski definition) is 1. The van der Waals surface area contributed by atoms with E-state index in [1.165, 1.54) is 0 Å². The molecule has 20 heavy (non-hydrogen) atoms. The highest BCUT2D eigenvalue weighted by molar-refractivity contribution is 5.91. The first-order valence-corrected chi connectivity index (χ1v) is 6.55. The van der Waals surface area contributed by atoms with Crippen LogP contribution >= 0.6 is 0 Å². The van der Waals surface area contributed by atoms with Gasteiger partial charge in [0.2, 0.25) is 0 Å². The molecular weight excluding hydrogens is 256 g/mol. The van der Waals surface area contributed by atoms with Crippen LogP contribution in [-0.2, 0) is 4.74 Å². The van der Waals surface area contributed by atoms with E-state index in [2.05, 4.69) is 11.1 Å². The first-order valence-electron chi connectivity index (χ1n) is 6.55. The van der Waals surface area contributed by atoms with Gasteiger partial charge in [-0.05, 0) is 26.8 Å². The van der Waals surface area contributed by atoms with Crippen LogP contribution in [0, 0.1) is 18.3 Å². The van der Waals surface area contributed by atoms with Gasteiger partial charge in [0, 0.05) is 19.1 Å². The van der Waals surface area contributed by atoms with Gasteiger partial charge in [0.05, 0.1) is 22.9 Å². The van der Waals surface area contributed by atoms with Gasteiger partial charge in [0.25, 0.3) is 0 Å². The fraction of sp³-hybridized carbons (Fsp3) is 0.500. The number of esters is 1. The van der Waals surface area contributed by atoms with Crippen molar-refractivity contribution in [3.8, 4) is 6.07 Å². The number of hydrogen-bond acceptors (Lipinski definition) is 6. The zero-order valence-corrected chi connectivity index (χ0v) is 11.9. The Morgan fingerprint density at radius 2 is 2.25 bits per heavy atom. The van der Waals surface area contributed by atoms with Gasteiger partial charge in [-0.25, -0.2) is 9.78 Å². The van der Waals surface area contributed by atoms with Crippen molar-refractivity contribution < 1.29 is 9.53 Å². The van der Waals surface area contributed by atoms with E-state index in [1.54, 1.807) is 26.8 Å². The predicted molar refractivity (Wildman–Crippen MR) is 74.4 cm³/mol. The molecule has 0 spiro atoms. The van der Waals surface area contributed by atoms with Gasteiger partial charge in [-0.3, -0.25) is 0 Å². The SMILES string of the molecule is Cc1nc(N2CC(N)C2)c(C#N)cc1C(=O)OC(C)C. The summed E-state index contributed by atoms with van der Waals surface area (Å²) in [6.45, 7) is 6.65. The van der Waals surface area contributed by atoms with E-state index in [9.17, 15) is 10.1 Å². The summed E-state index contributed by atoms with van der Waals surface area (Å²) in [5.41, 5.74) is 7.01. The molecule has 2 rings (SSSR count). The van der Waals surface area contributed by atoms with Gasteiger partial charge in [0.1, 0.15) is 11.9 Å². The molecule has 1 saturated heterocycles. The average molecular weight is 274 g/mol. The molecule has 1 aliphatic rings. The zero-order valence-electron chi connectivity index (χ0n) is 11.9. The molecule has 1 fully saturated rings. The fourth-order valence-electron chi connectivity index (χ4n) is 2.09. The van der Waals surface area contributed by atoms with Gasteiger partial charge < -0.3 is 15.4 Å². The topological polar surface area (TPSA) is 92.2 Å². The Labute approximate surface area is 118 Å². The fourth-order valence-corrected chi connectivity index (χ4v) is 2.09. The number of carbonyl (C=O) groups excluding carboxylic acids is 1. The molecule has 0 radical (unpaired) electrons. The minimum atomic E-state index is -0.451. The summed E-state index contributed by atoms with van der Waals surface area (Å²) in [7, 11) is 0. The molecular formula is C14H18N4O2. The number of nitriles is 1. The summed E-state index contributed by atoms with van der Waals surface area (Å²) in [6.07, 6.45) is -0.208. The Bertz CT molecular complexity index is 571. The minimum absolute atomic E-state index is 0.120. The molecule has 2 N–H and O–H groups in total. The molecule has 1 aliphatic heterocycles. The summed E-state index contributed by atoms with van der Waals surface area (Å²) in [4.78, 5) is 18.3. The molecule has 0 atom stereocenters. The van der Waals surface area contributed by atoms with Gasteiger partial charge in [-0.1, -0.05) is 0 Å². The number of rotatable bonds is 3. The molecule has 106 valence electrons. The van der Waals surface area contributed by atoms with Gasteiger partial charge in [-0.15, -0.1) is 0 Å². The Balaban J connectivity index is 2.33. The number of nitrogens with two attached hydrogens (primary N) is 1. The van der Waals surface area contributed by atoms with Crippen molar-refractivity contribution in [2.45, 2.75) is 32.9 Å². The largest absolute Gasteiger partial charge is 0.459 e. The highest BCUT2D eigenvalue weighted by atomic mass is 16.5. The monoisotopic (exact) mass is 274 g/mol. The summed E-state index contributed by atoms with van der Waals surface area (Å²) >= 11 is 0. The van der Waals surface area contributed by atoms with E-state index in [0.29, 0.717) is 35.7 Å². The Hall–Kier alpha value is -2.13. The van der Waals surface area contributed by atoms with Crippen LogP contribution < -0.4 is 10.6 Å². The van der Waals surface area contributed by atoms with E-state index < -0.39 is 5.97 Å². The third kappa shape index (κ3) is 2.73. The van der Waals surface area contributed by atoms with Crippen LogP contribution in [0.3, 0.4) is 0 Å². The Morgan fingerprint density at radius 3 is 2.75 bits per heavy atom. The standard InChI is InChI=1S/C14H18N4O2/c1-8(2)20-14(19)12-4-10(5-15)13(17-9(12)3)18-6-11(16)7-18/h4,8,11H,6-7,16H2,1-3H3. The quantitative estimate of drug-likeness (QED) is 0.826. The molecule has 0 unspecified atom stereocenters. The molecule has 2 heterocycles. The minimum Gasteiger partial charge on any atom is -0.459 e. The van der Waals surface area contributed by atoms with E-state index in [-0.39, 0.29) is 12.1 Å². The zero-order chi connectivity index (χ0) is 14.9. The number of pyridine rings is 1. The van der Waals surface area contributed by atoms with E-state index in [4.69, 9.17) is 10.5 Å². The molecule has 0 saturated carbocycles. The lowest BCUT2D eigenvalue weighted by Gasteiger charge is -2.38. The van der Waals surface area contributed by atoms with Crippen molar-refractivity contribution in [3.63, 3.8) is 0 Å². The maximum absolute atomic E-state index is 12.0. The van der Waals surface area contributed by atoms with Crippen LogP contribution in [0.4, 0.5) is 5.82 Å². The second kappa shape index (κ2) is 5.47. The number of aromatic nitrogens is 1. The third-order valence-corrected chi connectivity index (χ3v) is 3.09. The summed E-state index contributed by atoms with van der Waals surface area (Å²) < 4.78 is 5.15. The third-order valence-electron chi connectivity index (χ3n) is 3.09. The molecule has 6 nitrogen and oxygen atoms in total. The highest BCUT2D eigenvalue weighted by Gasteiger charge is 2.28. The van der Waals surface area contributed by atoms with Crippen molar-refractivity contribution in [3.05, 3.63) is 22.9 Å². The number of aryl methyl sites for hydroxylation is 1. The Kier molecular flexibility index (Phi) is 3.91. The predicted octanol–water partition coefficient (Wildman–Crippen LogP) is 0.974. The number of ether oxygens (including phenoxy) is 1. The van der Waals surface area contributed by atoms with Crippen LogP contribution in [0.5, 0.6) is 0 Å². The second-order valence-corrected chi connectivity index (χ2v) is 5.22. The molecule has 1 aromatic heterocycles. The van der Waals surface area contributed by atoms with Crippen LogP contribution in [0.15, 0.2) is 6.07 Å². The molecule has 0 aliphatic carbocycles. The molecule has 0 bridgehead atoms. The van der Waals surface area contributed by atoms with Crippen molar-refractivity contribution in [1.29, 1.82) is 5.26 Å². The Morgan fingerprint density at radius 1 is 1.60 bits per heavy atom. The number of anilines is 1. The highest BCUT2D eigenvalue weighted by Crippen LogP contribution is 2.25. The van der Waals surface area contributed by atoms with Gasteiger partial charge >= 0.3 is 5.97 Å². The molecule has 0 aromatic carbocycles. The van der Waals surface area contributed by atoms with Crippen LogP contribution in [0.2, 0.25) is 0 Å². The molecule has 0 amide bonds. The summed E-state index contributed by atoms with van der Waals surface area (Å²) in [6, 6.07) is 3.75. The first kappa shape index (κ1) is 14.3. The van der Waals surface area contributed by atoms with Crippen LogP contribution in [-0.4, -0.2) is 36.2 Å². The summed E-state index contributed by atoms with van der Waals surface area (Å²) in [5, 5.41) is 9.23. The van der Waals surface area contributed by atoms with Crippen molar-refractivity contribution in [2.75, 3.05) is 18.0 Å². The van der Waals surface area contributed by atoms with Crippen molar-refractivity contribution >= 4 is 11.8 Å². The number of nitrogens with zero attached hydrogens (tertiary/aromatic N) is 3. The van der Waals surface area contributed by atoms with Crippen molar-refractivity contribution in [2.24, 2.45) is 5.73 Å². The van der Waals surface area contributed by atoms with Crippen LogP contribution in [0.25, 0.3) is 0 Å². The molecule has 1 aromatic rings. The smallest absolute Gasteiger partial charge is 0.340 e. The van der Waals surface area contributed by atoms with Crippen molar-refractivity contribution in [1.82, 2.24) is 4.98 Å². The second-order valence-electron chi connectivity index (χ2n) is 5.22. The average Bonchev–Trinajstić information content (AvgIpc) is 2.33. The van der Waals surface area contributed by atoms with E-state index in [1.807, 2.05) is 4.90 Å². The normalized spacial score (nSPS) is 14.9. The lowest BCUT2D eigenvalue weighted by molar-refractivity contribution is 0.0376. The lowest BCUT2D eigenvalue weighted by Crippen LogP contribution is -2.56. The van der Waals surface area contributed by atoms with Crippen LogP contribution in [0.1, 0.15) is 35.5 Å². The first-order chi connectivity index (χ1) is 9.42. The van der Waals surface area contributed by atoms with E-state index in [0.717, 1.165) is 0 Å². The number of carbonyl (C=O) groups is 1. The lowest BCUT2D eigenvalue weighted by atomic mass is 10.1. The van der Waals surface area contributed by atoms with E-state index >= 15 is 0 Å². The van der Waals surface area contributed by atoms with Gasteiger partial charge in [0.15, 0.2) is 0 Å². The maximum atomic E-state index is 12.0. The maximum Gasteiger partial charge on any atom is 0.340 e. The molecule has 6 heteroatoms.